The summed E-state index contributed by atoms with van der Waals surface area (Å²) < 4.78 is 16.1. The summed E-state index contributed by atoms with van der Waals surface area (Å²) >= 11 is 0. The van der Waals surface area contributed by atoms with E-state index in [2.05, 4.69) is 10.6 Å². The Bertz CT molecular complexity index is 1490. The molecule has 1 heterocycles. The van der Waals surface area contributed by atoms with Gasteiger partial charge in [0.25, 0.3) is 0 Å². The van der Waals surface area contributed by atoms with Gasteiger partial charge >= 0.3 is 12.1 Å². The lowest BCUT2D eigenvalue weighted by molar-refractivity contribution is -0.145. The van der Waals surface area contributed by atoms with Gasteiger partial charge in [0.1, 0.15) is 24.0 Å². The number of anilines is 1. The molecule has 4 rings (SSSR count). The molecule has 0 bridgehead atoms. The summed E-state index contributed by atoms with van der Waals surface area (Å²) in [6.45, 7) is 7.02. The molecule has 3 aromatic carbocycles. The third-order valence-electron chi connectivity index (χ3n) is 8.11. The SMILES string of the molecule is COC(=O)[C@H](CCc1ccc(OCc2ccccc2)cc1)NC(=O)CC1CCN(C(=O)Cc2ccc(NC(=O)OC(C)(C)C)cc2)CC1. The van der Waals surface area contributed by atoms with Crippen LogP contribution in [0.3, 0.4) is 0 Å². The van der Waals surface area contributed by atoms with Crippen molar-refractivity contribution < 1.29 is 33.4 Å². The highest BCUT2D eigenvalue weighted by atomic mass is 16.6. The molecule has 0 radical (unpaired) electrons. The maximum atomic E-state index is 13.0. The molecule has 2 N–H and O–H groups in total. The van der Waals surface area contributed by atoms with Crippen LogP contribution >= 0.6 is 0 Å². The van der Waals surface area contributed by atoms with Gasteiger partial charge in [0, 0.05) is 25.2 Å². The maximum Gasteiger partial charge on any atom is 0.412 e. The first kappa shape index (κ1) is 36.0. The van der Waals surface area contributed by atoms with Gasteiger partial charge in [-0.3, -0.25) is 14.9 Å². The van der Waals surface area contributed by atoms with Crippen LogP contribution in [0.25, 0.3) is 0 Å². The minimum absolute atomic E-state index is 0.0206. The van der Waals surface area contributed by atoms with E-state index in [1.54, 1.807) is 32.9 Å². The third kappa shape index (κ3) is 12.1. The number of rotatable bonds is 13. The molecular weight excluding hydrogens is 610 g/mol. The molecule has 256 valence electrons. The van der Waals surface area contributed by atoms with Crippen LogP contribution in [0.15, 0.2) is 78.9 Å². The van der Waals surface area contributed by atoms with Gasteiger partial charge in [0.05, 0.1) is 13.5 Å². The second-order valence-corrected chi connectivity index (χ2v) is 13.1. The summed E-state index contributed by atoms with van der Waals surface area (Å²) in [5, 5.41) is 5.57. The molecule has 1 saturated heterocycles. The Balaban J connectivity index is 1.17. The molecule has 0 unspecified atom stereocenters. The van der Waals surface area contributed by atoms with Crippen molar-refractivity contribution in [1.82, 2.24) is 10.2 Å². The molecule has 48 heavy (non-hydrogen) atoms. The van der Waals surface area contributed by atoms with Crippen molar-refractivity contribution in [3.05, 3.63) is 95.6 Å². The van der Waals surface area contributed by atoms with Crippen molar-refractivity contribution in [2.24, 2.45) is 5.92 Å². The van der Waals surface area contributed by atoms with Crippen LogP contribution < -0.4 is 15.4 Å². The van der Waals surface area contributed by atoms with Crippen LogP contribution in [0.5, 0.6) is 5.75 Å². The maximum absolute atomic E-state index is 13.0. The average molecular weight is 658 g/mol. The van der Waals surface area contributed by atoms with E-state index < -0.39 is 23.7 Å². The smallest absolute Gasteiger partial charge is 0.412 e. The first-order valence-electron chi connectivity index (χ1n) is 16.5. The second kappa shape index (κ2) is 17.3. The van der Waals surface area contributed by atoms with Gasteiger partial charge < -0.3 is 24.4 Å². The lowest BCUT2D eigenvalue weighted by Crippen LogP contribution is -2.44. The molecule has 0 aromatic heterocycles. The summed E-state index contributed by atoms with van der Waals surface area (Å²) in [5.74, 6) is 0.234. The summed E-state index contributed by atoms with van der Waals surface area (Å²) in [6.07, 6.45) is 2.42. The highest BCUT2D eigenvalue weighted by Gasteiger charge is 2.27. The fraction of sp³-hybridized carbons (Fsp3) is 0.421. The van der Waals surface area contributed by atoms with Gasteiger partial charge in [-0.05, 0) is 93.3 Å². The molecule has 0 aliphatic carbocycles. The molecular formula is C38H47N3O7. The monoisotopic (exact) mass is 657 g/mol. The molecule has 1 aliphatic rings. The number of hydrogen-bond donors (Lipinski definition) is 2. The Kier molecular flexibility index (Phi) is 13.0. The van der Waals surface area contributed by atoms with E-state index in [4.69, 9.17) is 14.2 Å². The number of nitrogens with one attached hydrogen (secondary N) is 2. The van der Waals surface area contributed by atoms with Gasteiger partial charge in [-0.15, -0.1) is 0 Å². The lowest BCUT2D eigenvalue weighted by atomic mass is 9.92. The van der Waals surface area contributed by atoms with E-state index in [1.807, 2.05) is 71.6 Å². The van der Waals surface area contributed by atoms with Crippen molar-refractivity contribution in [2.75, 3.05) is 25.5 Å². The normalized spacial score (nSPS) is 14.0. The molecule has 10 heteroatoms. The van der Waals surface area contributed by atoms with Gasteiger partial charge in [-0.25, -0.2) is 9.59 Å². The Morgan fingerprint density at radius 3 is 2.12 bits per heavy atom. The zero-order valence-corrected chi connectivity index (χ0v) is 28.3. The average Bonchev–Trinajstić information content (AvgIpc) is 3.06. The van der Waals surface area contributed by atoms with Crippen molar-refractivity contribution in [2.45, 2.75) is 77.5 Å². The van der Waals surface area contributed by atoms with Crippen LogP contribution in [0.4, 0.5) is 10.5 Å². The van der Waals surface area contributed by atoms with Crippen LogP contribution in [0.1, 0.15) is 63.1 Å². The number of nitrogens with zero attached hydrogens (tertiary/aromatic N) is 1. The highest BCUT2D eigenvalue weighted by Crippen LogP contribution is 2.22. The minimum Gasteiger partial charge on any atom is -0.489 e. The standard InChI is InChI=1S/C38H47N3O7/c1-38(2,3)48-37(45)39-31-15-10-28(11-16-31)25-35(43)41-22-20-29(21-23-41)24-34(42)40-33(36(44)46-4)19-14-27-12-17-32(18-13-27)47-26-30-8-6-5-7-9-30/h5-13,15-18,29,33H,14,19-26H2,1-4H3,(H,39,45)(H,40,42)/t33-/m0/s1. The second-order valence-electron chi connectivity index (χ2n) is 13.1. The summed E-state index contributed by atoms with van der Waals surface area (Å²) in [6, 6.07) is 24.1. The van der Waals surface area contributed by atoms with Crippen molar-refractivity contribution >= 4 is 29.6 Å². The van der Waals surface area contributed by atoms with E-state index in [1.165, 1.54) is 7.11 Å². The van der Waals surface area contributed by atoms with Gasteiger partial charge in [0.15, 0.2) is 0 Å². The molecule has 1 atom stereocenters. The number of likely N-dealkylation sites (tertiary alicyclic amines) is 1. The molecule has 1 fully saturated rings. The van der Waals surface area contributed by atoms with Crippen LogP contribution in [-0.4, -0.2) is 60.6 Å². The number of amides is 3. The highest BCUT2D eigenvalue weighted by molar-refractivity contribution is 5.85. The van der Waals surface area contributed by atoms with Gasteiger partial charge in [-0.1, -0.05) is 54.6 Å². The number of hydrogen-bond acceptors (Lipinski definition) is 7. The number of benzene rings is 3. The Morgan fingerprint density at radius 2 is 1.50 bits per heavy atom. The number of methoxy groups -OCH3 is 1. The molecule has 3 aromatic rings. The van der Waals surface area contributed by atoms with Crippen molar-refractivity contribution in [3.8, 4) is 5.75 Å². The van der Waals surface area contributed by atoms with Crippen LogP contribution in [-0.2, 0) is 43.3 Å². The van der Waals surface area contributed by atoms with E-state index >= 15 is 0 Å². The fourth-order valence-corrected chi connectivity index (χ4v) is 5.51. The Labute approximate surface area is 283 Å². The Morgan fingerprint density at radius 1 is 0.854 bits per heavy atom. The Hall–Kier alpha value is -4.86. The molecule has 0 spiro atoms. The molecule has 3 amide bonds. The van der Waals surface area contributed by atoms with Crippen LogP contribution in [0.2, 0.25) is 0 Å². The number of aryl methyl sites for hydroxylation is 1. The predicted octanol–water partition coefficient (Wildman–Crippen LogP) is 6.07. The lowest BCUT2D eigenvalue weighted by Gasteiger charge is -2.32. The van der Waals surface area contributed by atoms with Gasteiger partial charge in [0.2, 0.25) is 11.8 Å². The first-order chi connectivity index (χ1) is 23.0. The van der Waals surface area contributed by atoms with Gasteiger partial charge in [-0.2, -0.15) is 0 Å². The number of carbonyl (C=O) groups is 4. The van der Waals surface area contributed by atoms with Crippen LogP contribution in [0, 0.1) is 5.92 Å². The zero-order valence-electron chi connectivity index (χ0n) is 28.3. The van der Waals surface area contributed by atoms with Crippen molar-refractivity contribution in [1.29, 1.82) is 0 Å². The molecule has 10 nitrogen and oxygen atoms in total. The quantitative estimate of drug-likeness (QED) is 0.214. The van der Waals surface area contributed by atoms with E-state index in [-0.39, 0.29) is 30.6 Å². The number of piperidine rings is 1. The summed E-state index contributed by atoms with van der Waals surface area (Å²) in [7, 11) is 1.32. The predicted molar refractivity (Wildman–Crippen MR) is 183 cm³/mol. The molecule has 1 aliphatic heterocycles. The summed E-state index contributed by atoms with van der Waals surface area (Å²) in [5.41, 5.74) is 2.96. The molecule has 0 saturated carbocycles. The van der Waals surface area contributed by atoms with E-state index in [0.29, 0.717) is 51.1 Å². The fourth-order valence-electron chi connectivity index (χ4n) is 5.51. The summed E-state index contributed by atoms with van der Waals surface area (Å²) in [4.78, 5) is 52.2. The van der Waals surface area contributed by atoms with E-state index in [9.17, 15) is 19.2 Å². The third-order valence-corrected chi connectivity index (χ3v) is 8.11. The zero-order chi connectivity index (χ0) is 34.5. The largest absolute Gasteiger partial charge is 0.489 e. The van der Waals surface area contributed by atoms with Crippen molar-refractivity contribution in [3.63, 3.8) is 0 Å². The topological polar surface area (TPSA) is 123 Å². The number of ether oxygens (including phenoxy) is 3. The number of esters is 1. The van der Waals surface area contributed by atoms with E-state index in [0.717, 1.165) is 22.4 Å². The first-order valence-corrected chi connectivity index (χ1v) is 16.5. The minimum atomic E-state index is -0.746. The number of carbonyl (C=O) groups excluding carboxylic acids is 4.